The highest BCUT2D eigenvalue weighted by Crippen LogP contribution is 2.24. The van der Waals surface area contributed by atoms with Crippen LogP contribution < -0.4 is 5.73 Å². The van der Waals surface area contributed by atoms with Gasteiger partial charge in [-0.3, -0.25) is 4.79 Å². The Morgan fingerprint density at radius 1 is 1.14 bits per heavy atom. The van der Waals surface area contributed by atoms with Gasteiger partial charge in [-0.2, -0.15) is 5.10 Å². The van der Waals surface area contributed by atoms with Gasteiger partial charge in [0.1, 0.15) is 0 Å². The maximum absolute atomic E-state index is 13.1. The minimum absolute atomic E-state index is 0.0700. The molecule has 2 unspecified atom stereocenters. The van der Waals surface area contributed by atoms with Crippen LogP contribution in [0.5, 0.6) is 0 Å². The van der Waals surface area contributed by atoms with Crippen LogP contribution in [0.1, 0.15) is 30.1 Å². The van der Waals surface area contributed by atoms with Gasteiger partial charge in [0.2, 0.25) is 0 Å². The first kappa shape index (κ1) is 18.4. The molecule has 1 amide bonds. The minimum atomic E-state index is 0.0700. The van der Waals surface area contributed by atoms with Crippen LogP contribution in [-0.4, -0.2) is 39.7 Å². The van der Waals surface area contributed by atoms with Crippen LogP contribution in [0.3, 0.4) is 0 Å². The molecule has 3 aromatic rings. The number of hydrogen-bond donors (Lipinski definition) is 1. The zero-order valence-electron chi connectivity index (χ0n) is 16.2. The monoisotopic (exact) mass is 374 g/mol. The van der Waals surface area contributed by atoms with Gasteiger partial charge < -0.3 is 10.6 Å². The van der Waals surface area contributed by atoms with Crippen LogP contribution in [0, 0.1) is 5.92 Å². The summed E-state index contributed by atoms with van der Waals surface area (Å²) < 4.78 is 1.88. The molecule has 2 atom stereocenters. The van der Waals surface area contributed by atoms with Gasteiger partial charge in [-0.25, -0.2) is 4.68 Å². The van der Waals surface area contributed by atoms with E-state index in [1.807, 2.05) is 65.0 Å². The first-order valence-corrected chi connectivity index (χ1v) is 9.88. The molecule has 144 valence electrons. The molecule has 0 bridgehead atoms. The minimum Gasteiger partial charge on any atom is -0.338 e. The number of hydrogen-bond acceptors (Lipinski definition) is 3. The maximum atomic E-state index is 13.1. The third kappa shape index (κ3) is 3.71. The highest BCUT2D eigenvalue weighted by Gasteiger charge is 2.26. The summed E-state index contributed by atoms with van der Waals surface area (Å²) in [6.07, 6.45) is 3.89. The molecule has 2 N–H and O–H groups in total. The van der Waals surface area contributed by atoms with Crippen LogP contribution in [0.4, 0.5) is 0 Å². The number of nitrogens with zero attached hydrogens (tertiary/aromatic N) is 3. The number of piperidine rings is 1. The average Bonchev–Trinajstić information content (AvgIpc) is 3.24. The van der Waals surface area contributed by atoms with Crippen molar-refractivity contribution in [3.8, 4) is 16.9 Å². The van der Waals surface area contributed by atoms with Crippen molar-refractivity contribution in [2.24, 2.45) is 11.7 Å². The molecule has 0 aliphatic carbocycles. The molecular formula is C23H26N4O. The van der Waals surface area contributed by atoms with E-state index in [1.165, 1.54) is 0 Å². The van der Waals surface area contributed by atoms with E-state index >= 15 is 0 Å². The molecule has 1 aliphatic heterocycles. The molecule has 2 aromatic carbocycles. The molecule has 2 heterocycles. The smallest absolute Gasteiger partial charge is 0.253 e. The van der Waals surface area contributed by atoms with E-state index in [0.29, 0.717) is 11.5 Å². The van der Waals surface area contributed by atoms with E-state index in [0.717, 1.165) is 42.9 Å². The SMILES string of the molecule is CC(N)C1CCCN(C(=O)c2cccc(-n3nccc3-c3ccccc3)c2)C1. The van der Waals surface area contributed by atoms with E-state index in [9.17, 15) is 4.79 Å². The second-order valence-corrected chi connectivity index (χ2v) is 7.56. The topological polar surface area (TPSA) is 64.2 Å². The Morgan fingerprint density at radius 2 is 1.96 bits per heavy atom. The van der Waals surface area contributed by atoms with Crippen molar-refractivity contribution in [3.05, 3.63) is 72.4 Å². The van der Waals surface area contributed by atoms with Gasteiger partial charge in [0.05, 0.1) is 17.6 Å². The number of rotatable bonds is 4. The quantitative estimate of drug-likeness (QED) is 0.757. The summed E-state index contributed by atoms with van der Waals surface area (Å²) in [5.74, 6) is 0.442. The molecule has 1 fully saturated rings. The van der Waals surface area contributed by atoms with E-state index in [1.54, 1.807) is 6.20 Å². The summed E-state index contributed by atoms with van der Waals surface area (Å²) in [6.45, 7) is 3.56. The fourth-order valence-electron chi connectivity index (χ4n) is 3.91. The lowest BCUT2D eigenvalue weighted by atomic mass is 9.92. The van der Waals surface area contributed by atoms with Crippen molar-refractivity contribution in [1.29, 1.82) is 0 Å². The summed E-state index contributed by atoms with van der Waals surface area (Å²) in [5.41, 5.74) is 9.75. The largest absolute Gasteiger partial charge is 0.338 e. The number of aromatic nitrogens is 2. The first-order chi connectivity index (χ1) is 13.6. The highest BCUT2D eigenvalue weighted by atomic mass is 16.2. The Morgan fingerprint density at radius 3 is 2.75 bits per heavy atom. The average molecular weight is 374 g/mol. The zero-order valence-corrected chi connectivity index (χ0v) is 16.2. The second-order valence-electron chi connectivity index (χ2n) is 7.56. The lowest BCUT2D eigenvalue weighted by Gasteiger charge is -2.34. The predicted octanol–water partition coefficient (Wildman–Crippen LogP) is 3.74. The van der Waals surface area contributed by atoms with Crippen LogP contribution in [0.25, 0.3) is 16.9 Å². The van der Waals surface area contributed by atoms with Gasteiger partial charge in [-0.05, 0) is 49.9 Å². The molecule has 5 nitrogen and oxygen atoms in total. The Bertz CT molecular complexity index is 948. The number of amides is 1. The predicted molar refractivity (Wildman–Crippen MR) is 111 cm³/mol. The summed E-state index contributed by atoms with van der Waals surface area (Å²) in [4.78, 5) is 15.0. The number of carbonyl (C=O) groups is 1. The molecule has 0 saturated carbocycles. The van der Waals surface area contributed by atoms with Crippen molar-refractivity contribution in [2.45, 2.75) is 25.8 Å². The number of benzene rings is 2. The molecule has 5 heteroatoms. The van der Waals surface area contributed by atoms with E-state index < -0.39 is 0 Å². The second kappa shape index (κ2) is 7.98. The lowest BCUT2D eigenvalue weighted by Crippen LogP contribution is -2.45. The molecule has 1 saturated heterocycles. The molecule has 28 heavy (non-hydrogen) atoms. The Labute approximate surface area is 165 Å². The zero-order chi connectivity index (χ0) is 19.5. The van der Waals surface area contributed by atoms with Gasteiger partial charge in [0.15, 0.2) is 0 Å². The molecule has 0 radical (unpaired) electrons. The Balaban J connectivity index is 1.61. The van der Waals surface area contributed by atoms with E-state index in [2.05, 4.69) is 17.2 Å². The van der Waals surface area contributed by atoms with Crippen molar-refractivity contribution in [3.63, 3.8) is 0 Å². The van der Waals surface area contributed by atoms with Crippen LogP contribution in [0.15, 0.2) is 66.9 Å². The van der Waals surface area contributed by atoms with Crippen LogP contribution in [0.2, 0.25) is 0 Å². The Hall–Kier alpha value is -2.92. The third-order valence-corrected chi connectivity index (χ3v) is 5.54. The van der Waals surface area contributed by atoms with Gasteiger partial charge in [0, 0.05) is 30.3 Å². The summed E-state index contributed by atoms with van der Waals surface area (Å²) >= 11 is 0. The number of carbonyl (C=O) groups excluding carboxylic acids is 1. The number of nitrogens with two attached hydrogens (primary N) is 1. The standard InChI is InChI=1S/C23H26N4O/c1-17(24)20-10-6-14-26(16-20)23(28)19-9-5-11-21(15-19)27-22(12-13-25-27)18-7-3-2-4-8-18/h2-5,7-9,11-13,15,17,20H,6,10,14,16,24H2,1H3. The van der Waals surface area contributed by atoms with Gasteiger partial charge >= 0.3 is 0 Å². The Kier molecular flexibility index (Phi) is 5.26. The summed E-state index contributed by atoms with van der Waals surface area (Å²) in [5, 5.41) is 4.49. The van der Waals surface area contributed by atoms with Crippen LogP contribution in [-0.2, 0) is 0 Å². The fraction of sp³-hybridized carbons (Fsp3) is 0.304. The lowest BCUT2D eigenvalue weighted by molar-refractivity contribution is 0.0661. The van der Waals surface area contributed by atoms with Crippen molar-refractivity contribution in [2.75, 3.05) is 13.1 Å². The van der Waals surface area contributed by atoms with Gasteiger partial charge in [-0.1, -0.05) is 36.4 Å². The van der Waals surface area contributed by atoms with Gasteiger partial charge in [-0.15, -0.1) is 0 Å². The van der Waals surface area contributed by atoms with Crippen molar-refractivity contribution < 1.29 is 4.79 Å². The first-order valence-electron chi connectivity index (χ1n) is 9.88. The molecule has 0 spiro atoms. The van der Waals surface area contributed by atoms with Crippen molar-refractivity contribution >= 4 is 5.91 Å². The van der Waals surface area contributed by atoms with Crippen LogP contribution >= 0.6 is 0 Å². The van der Waals surface area contributed by atoms with E-state index in [-0.39, 0.29) is 11.9 Å². The molecular weight excluding hydrogens is 348 g/mol. The summed E-state index contributed by atoms with van der Waals surface area (Å²) in [6, 6.07) is 20.0. The fourth-order valence-corrected chi connectivity index (χ4v) is 3.91. The molecule has 4 rings (SSSR count). The highest BCUT2D eigenvalue weighted by molar-refractivity contribution is 5.95. The van der Waals surface area contributed by atoms with Crippen molar-refractivity contribution in [1.82, 2.24) is 14.7 Å². The third-order valence-electron chi connectivity index (χ3n) is 5.54. The number of likely N-dealkylation sites (tertiary alicyclic amines) is 1. The van der Waals surface area contributed by atoms with Gasteiger partial charge in [0.25, 0.3) is 5.91 Å². The van der Waals surface area contributed by atoms with E-state index in [4.69, 9.17) is 5.73 Å². The molecule has 1 aliphatic rings. The maximum Gasteiger partial charge on any atom is 0.253 e. The normalized spacial score (nSPS) is 18.1. The summed E-state index contributed by atoms with van der Waals surface area (Å²) in [7, 11) is 0. The molecule has 1 aromatic heterocycles.